The van der Waals surface area contributed by atoms with E-state index in [-0.39, 0.29) is 16.9 Å². The van der Waals surface area contributed by atoms with E-state index in [0.717, 1.165) is 6.07 Å². The summed E-state index contributed by atoms with van der Waals surface area (Å²) in [5.74, 6) is -0.553. The molecule has 0 saturated carbocycles. The SMILES string of the molecule is Cc1ccc(NC(=O)c2ccccn2)cc1C(F)(F)F. The number of halogens is 3. The van der Waals surface area contributed by atoms with Crippen molar-refractivity contribution in [1.82, 2.24) is 4.98 Å². The Bertz CT molecular complexity index is 624. The van der Waals surface area contributed by atoms with Crippen LogP contribution in [0.2, 0.25) is 0 Å². The zero-order chi connectivity index (χ0) is 14.8. The number of nitrogens with zero attached hydrogens (tertiary/aromatic N) is 1. The van der Waals surface area contributed by atoms with E-state index in [4.69, 9.17) is 0 Å². The molecule has 1 N–H and O–H groups in total. The average Bonchev–Trinajstić information content (AvgIpc) is 2.40. The summed E-state index contributed by atoms with van der Waals surface area (Å²) in [5.41, 5.74) is -0.440. The Morgan fingerprint density at radius 2 is 1.95 bits per heavy atom. The summed E-state index contributed by atoms with van der Waals surface area (Å²) in [6.45, 7) is 1.37. The maximum atomic E-state index is 12.8. The molecule has 104 valence electrons. The van der Waals surface area contributed by atoms with Crippen LogP contribution in [0.4, 0.5) is 18.9 Å². The van der Waals surface area contributed by atoms with Crippen molar-refractivity contribution in [3.63, 3.8) is 0 Å². The van der Waals surface area contributed by atoms with Crippen LogP contribution in [0.25, 0.3) is 0 Å². The van der Waals surface area contributed by atoms with Gasteiger partial charge < -0.3 is 5.32 Å². The minimum absolute atomic E-state index is 0.0820. The smallest absolute Gasteiger partial charge is 0.321 e. The zero-order valence-electron chi connectivity index (χ0n) is 10.5. The van der Waals surface area contributed by atoms with Crippen LogP contribution in [0.15, 0.2) is 42.6 Å². The van der Waals surface area contributed by atoms with Crippen molar-refractivity contribution in [2.75, 3.05) is 5.32 Å². The molecule has 0 spiro atoms. The lowest BCUT2D eigenvalue weighted by Crippen LogP contribution is -2.15. The van der Waals surface area contributed by atoms with E-state index < -0.39 is 17.6 Å². The lowest BCUT2D eigenvalue weighted by atomic mass is 10.1. The summed E-state index contributed by atoms with van der Waals surface area (Å²) >= 11 is 0. The quantitative estimate of drug-likeness (QED) is 0.912. The third-order valence-corrected chi connectivity index (χ3v) is 2.70. The van der Waals surface area contributed by atoms with E-state index in [1.54, 1.807) is 12.1 Å². The first-order chi connectivity index (χ1) is 9.38. The number of anilines is 1. The predicted octanol–water partition coefficient (Wildman–Crippen LogP) is 3.66. The Kier molecular flexibility index (Phi) is 3.74. The molecule has 0 radical (unpaired) electrons. The van der Waals surface area contributed by atoms with Gasteiger partial charge in [0.2, 0.25) is 0 Å². The summed E-state index contributed by atoms with van der Waals surface area (Å²) in [4.78, 5) is 15.6. The molecule has 6 heteroatoms. The maximum absolute atomic E-state index is 12.8. The number of benzene rings is 1. The standard InChI is InChI=1S/C14H11F3N2O/c1-9-5-6-10(8-11(9)14(15,16)17)19-13(20)12-4-2-3-7-18-12/h2-8H,1H3,(H,19,20). The fraction of sp³-hybridized carbons (Fsp3) is 0.143. The summed E-state index contributed by atoms with van der Waals surface area (Å²) in [6, 6.07) is 8.40. The third-order valence-electron chi connectivity index (χ3n) is 2.70. The minimum atomic E-state index is -4.45. The summed E-state index contributed by atoms with van der Waals surface area (Å²) < 4.78 is 38.3. The van der Waals surface area contributed by atoms with Gasteiger partial charge >= 0.3 is 6.18 Å². The van der Waals surface area contributed by atoms with Crippen molar-refractivity contribution in [3.8, 4) is 0 Å². The molecular formula is C14H11F3N2O. The van der Waals surface area contributed by atoms with Gasteiger partial charge in [0.1, 0.15) is 5.69 Å². The molecule has 0 aliphatic rings. The van der Waals surface area contributed by atoms with E-state index in [9.17, 15) is 18.0 Å². The average molecular weight is 280 g/mol. The van der Waals surface area contributed by atoms with Gasteiger partial charge in [-0.15, -0.1) is 0 Å². The molecule has 0 unspecified atom stereocenters. The molecular weight excluding hydrogens is 269 g/mol. The first-order valence-electron chi connectivity index (χ1n) is 5.78. The molecule has 2 rings (SSSR count). The number of aryl methyl sites for hydroxylation is 1. The van der Waals surface area contributed by atoms with Crippen LogP contribution in [0.3, 0.4) is 0 Å². The highest BCUT2D eigenvalue weighted by atomic mass is 19.4. The Balaban J connectivity index is 2.25. The number of hydrogen-bond donors (Lipinski definition) is 1. The van der Waals surface area contributed by atoms with E-state index in [0.29, 0.717) is 0 Å². The molecule has 0 fully saturated rings. The highest BCUT2D eigenvalue weighted by Crippen LogP contribution is 2.33. The summed E-state index contributed by atoms with van der Waals surface area (Å²) in [7, 11) is 0. The van der Waals surface area contributed by atoms with Crippen molar-refractivity contribution in [2.24, 2.45) is 0 Å². The van der Waals surface area contributed by atoms with Crippen molar-refractivity contribution in [1.29, 1.82) is 0 Å². The second-order valence-electron chi connectivity index (χ2n) is 4.20. The Morgan fingerprint density at radius 3 is 2.55 bits per heavy atom. The molecule has 1 aromatic carbocycles. The molecule has 0 aliphatic heterocycles. The molecule has 0 saturated heterocycles. The van der Waals surface area contributed by atoms with Crippen molar-refractivity contribution in [2.45, 2.75) is 13.1 Å². The molecule has 0 atom stereocenters. The topological polar surface area (TPSA) is 42.0 Å². The zero-order valence-corrected chi connectivity index (χ0v) is 10.5. The Labute approximate surface area is 113 Å². The highest BCUT2D eigenvalue weighted by molar-refractivity contribution is 6.02. The van der Waals surface area contributed by atoms with Gasteiger partial charge in [-0.3, -0.25) is 9.78 Å². The largest absolute Gasteiger partial charge is 0.416 e. The lowest BCUT2D eigenvalue weighted by molar-refractivity contribution is -0.138. The maximum Gasteiger partial charge on any atom is 0.416 e. The predicted molar refractivity (Wildman–Crippen MR) is 68.4 cm³/mol. The van der Waals surface area contributed by atoms with Crippen LogP contribution in [-0.4, -0.2) is 10.9 Å². The van der Waals surface area contributed by atoms with Gasteiger partial charge in [0.05, 0.1) is 5.56 Å². The van der Waals surface area contributed by atoms with Gasteiger partial charge in [-0.05, 0) is 36.8 Å². The monoisotopic (exact) mass is 280 g/mol. The summed E-state index contributed by atoms with van der Waals surface area (Å²) in [5, 5.41) is 2.40. The molecule has 20 heavy (non-hydrogen) atoms. The Morgan fingerprint density at radius 1 is 1.20 bits per heavy atom. The number of pyridine rings is 1. The normalized spacial score (nSPS) is 11.2. The van der Waals surface area contributed by atoms with E-state index >= 15 is 0 Å². The molecule has 1 heterocycles. The number of nitrogens with one attached hydrogen (secondary N) is 1. The van der Waals surface area contributed by atoms with Crippen LogP contribution < -0.4 is 5.32 Å². The van der Waals surface area contributed by atoms with Crippen LogP contribution in [0.5, 0.6) is 0 Å². The number of amides is 1. The summed E-state index contributed by atoms with van der Waals surface area (Å²) in [6.07, 6.45) is -3.01. The molecule has 1 aromatic heterocycles. The number of alkyl halides is 3. The molecule has 2 aromatic rings. The molecule has 3 nitrogen and oxygen atoms in total. The number of aromatic nitrogens is 1. The fourth-order valence-electron chi connectivity index (χ4n) is 1.70. The van der Waals surface area contributed by atoms with E-state index in [2.05, 4.69) is 10.3 Å². The number of carbonyl (C=O) groups excluding carboxylic acids is 1. The van der Waals surface area contributed by atoms with Gasteiger partial charge in [-0.2, -0.15) is 13.2 Å². The van der Waals surface area contributed by atoms with Crippen molar-refractivity contribution in [3.05, 3.63) is 59.4 Å². The minimum Gasteiger partial charge on any atom is -0.321 e. The fourth-order valence-corrected chi connectivity index (χ4v) is 1.70. The Hall–Kier alpha value is -2.37. The van der Waals surface area contributed by atoms with Crippen molar-refractivity contribution >= 4 is 11.6 Å². The van der Waals surface area contributed by atoms with Crippen LogP contribution >= 0.6 is 0 Å². The first-order valence-corrected chi connectivity index (χ1v) is 5.78. The first kappa shape index (κ1) is 14.0. The van der Waals surface area contributed by atoms with Crippen molar-refractivity contribution < 1.29 is 18.0 Å². The third kappa shape index (κ3) is 3.14. The lowest BCUT2D eigenvalue weighted by Gasteiger charge is -2.12. The van der Waals surface area contributed by atoms with Crippen LogP contribution in [-0.2, 0) is 6.18 Å². The number of carbonyl (C=O) groups is 1. The van der Waals surface area contributed by atoms with Gasteiger partial charge in [-0.25, -0.2) is 0 Å². The van der Waals surface area contributed by atoms with Gasteiger partial charge in [-0.1, -0.05) is 12.1 Å². The van der Waals surface area contributed by atoms with Crippen LogP contribution in [0, 0.1) is 6.92 Å². The molecule has 1 amide bonds. The number of rotatable bonds is 2. The van der Waals surface area contributed by atoms with E-state index in [1.165, 1.54) is 31.3 Å². The van der Waals surface area contributed by atoms with Gasteiger partial charge in [0.25, 0.3) is 5.91 Å². The number of hydrogen-bond acceptors (Lipinski definition) is 2. The highest BCUT2D eigenvalue weighted by Gasteiger charge is 2.32. The molecule has 0 bridgehead atoms. The second kappa shape index (κ2) is 5.32. The van der Waals surface area contributed by atoms with Crippen LogP contribution in [0.1, 0.15) is 21.6 Å². The van der Waals surface area contributed by atoms with E-state index in [1.807, 2.05) is 0 Å². The second-order valence-corrected chi connectivity index (χ2v) is 4.20. The van der Waals surface area contributed by atoms with Gasteiger partial charge in [0.15, 0.2) is 0 Å². The van der Waals surface area contributed by atoms with Gasteiger partial charge in [0, 0.05) is 11.9 Å². The molecule has 0 aliphatic carbocycles.